The summed E-state index contributed by atoms with van der Waals surface area (Å²) in [4.78, 5) is 7.69. The molecule has 0 aromatic carbocycles. The molecule has 0 saturated carbocycles. The van der Waals surface area contributed by atoms with Crippen LogP contribution in [0, 0.1) is 11.3 Å². The molecule has 0 unspecified atom stereocenters. The number of anilines is 1. The molecule has 0 aliphatic rings. The van der Waals surface area contributed by atoms with Gasteiger partial charge in [0.05, 0.1) is 6.20 Å². The molecule has 1 aromatic rings. The van der Waals surface area contributed by atoms with Crippen molar-refractivity contribution < 1.29 is 0 Å². The van der Waals surface area contributed by atoms with Gasteiger partial charge < -0.3 is 11.1 Å². The Balaban J connectivity index is 2.59. The lowest BCUT2D eigenvalue weighted by Crippen LogP contribution is -2.04. The first-order valence-corrected chi connectivity index (χ1v) is 4.17. The van der Waals surface area contributed by atoms with E-state index in [1.165, 1.54) is 12.5 Å². The lowest BCUT2D eigenvalue weighted by Gasteiger charge is -2.02. The first-order chi connectivity index (χ1) is 6.88. The van der Waals surface area contributed by atoms with Crippen molar-refractivity contribution in [2.75, 3.05) is 18.4 Å². The minimum Gasteiger partial charge on any atom is -0.365 e. The lowest BCUT2D eigenvalue weighted by molar-refractivity contribution is 1.12. The third-order valence-electron chi connectivity index (χ3n) is 1.52. The highest BCUT2D eigenvalue weighted by Crippen LogP contribution is 2.06. The fraction of sp³-hybridized carbons (Fsp3) is 0.222. The molecule has 5 heteroatoms. The van der Waals surface area contributed by atoms with Crippen LogP contribution < -0.4 is 11.1 Å². The zero-order chi connectivity index (χ0) is 10.2. The van der Waals surface area contributed by atoms with Gasteiger partial charge in [0.25, 0.3) is 0 Å². The molecular weight excluding hydrogens is 178 g/mol. The van der Waals surface area contributed by atoms with Crippen LogP contribution >= 0.6 is 0 Å². The van der Waals surface area contributed by atoms with E-state index < -0.39 is 0 Å². The predicted molar refractivity (Wildman–Crippen MR) is 53.4 cm³/mol. The summed E-state index contributed by atoms with van der Waals surface area (Å²) < 4.78 is 0. The van der Waals surface area contributed by atoms with Crippen molar-refractivity contribution in [1.29, 1.82) is 5.26 Å². The van der Waals surface area contributed by atoms with E-state index in [0.29, 0.717) is 24.5 Å². The van der Waals surface area contributed by atoms with Crippen molar-refractivity contribution in [3.8, 4) is 6.07 Å². The van der Waals surface area contributed by atoms with Crippen LogP contribution in [0.15, 0.2) is 24.7 Å². The maximum absolute atomic E-state index is 8.71. The number of hydrogen-bond acceptors (Lipinski definition) is 5. The highest BCUT2D eigenvalue weighted by molar-refractivity contribution is 5.49. The van der Waals surface area contributed by atoms with E-state index >= 15 is 0 Å². The smallest absolute Gasteiger partial charge is 0.147 e. The Morgan fingerprint density at radius 1 is 1.57 bits per heavy atom. The van der Waals surface area contributed by atoms with E-state index in [1.54, 1.807) is 0 Å². The van der Waals surface area contributed by atoms with Gasteiger partial charge in [-0.25, -0.2) is 9.97 Å². The van der Waals surface area contributed by atoms with Crippen LogP contribution in [0.3, 0.4) is 0 Å². The number of nitrogens with zero attached hydrogens (tertiary/aromatic N) is 3. The fourth-order valence-electron chi connectivity index (χ4n) is 0.887. The maximum Gasteiger partial charge on any atom is 0.147 e. The second-order valence-corrected chi connectivity index (χ2v) is 2.48. The molecular formula is C9H11N5. The van der Waals surface area contributed by atoms with Crippen molar-refractivity contribution in [2.45, 2.75) is 0 Å². The lowest BCUT2D eigenvalue weighted by atomic mass is 10.3. The van der Waals surface area contributed by atoms with Gasteiger partial charge in [-0.05, 0) is 0 Å². The van der Waals surface area contributed by atoms with E-state index in [2.05, 4.69) is 15.3 Å². The Bertz CT molecular complexity index is 352. The average molecular weight is 189 g/mol. The van der Waals surface area contributed by atoms with E-state index in [1.807, 2.05) is 18.2 Å². The fourth-order valence-corrected chi connectivity index (χ4v) is 0.887. The van der Waals surface area contributed by atoms with Crippen molar-refractivity contribution in [1.82, 2.24) is 9.97 Å². The average Bonchev–Trinajstić information content (AvgIpc) is 2.25. The first-order valence-electron chi connectivity index (χ1n) is 4.17. The van der Waals surface area contributed by atoms with E-state index in [4.69, 9.17) is 11.0 Å². The maximum atomic E-state index is 8.71. The van der Waals surface area contributed by atoms with Crippen LogP contribution in [-0.4, -0.2) is 23.1 Å². The van der Waals surface area contributed by atoms with E-state index in [9.17, 15) is 0 Å². The molecule has 0 spiro atoms. The quantitative estimate of drug-likeness (QED) is 0.664. The standard InChI is InChI=1S/C9H11N5/c10-3-1-2-4-13-9-8(5-11)6-12-7-14-9/h1-2,6-7H,3-4,10H2,(H,12,13,14)/b2-1+. The second-order valence-electron chi connectivity index (χ2n) is 2.48. The molecule has 0 bridgehead atoms. The van der Waals surface area contributed by atoms with Crippen LogP contribution in [0.25, 0.3) is 0 Å². The zero-order valence-electron chi connectivity index (χ0n) is 7.64. The normalized spacial score (nSPS) is 10.0. The molecule has 0 radical (unpaired) electrons. The summed E-state index contributed by atoms with van der Waals surface area (Å²) >= 11 is 0. The van der Waals surface area contributed by atoms with E-state index in [0.717, 1.165) is 0 Å². The number of nitrogens with one attached hydrogen (secondary N) is 1. The summed E-state index contributed by atoms with van der Waals surface area (Å²) in [5, 5.41) is 11.7. The molecule has 0 saturated heterocycles. The van der Waals surface area contributed by atoms with Crippen molar-refractivity contribution in [3.05, 3.63) is 30.2 Å². The van der Waals surface area contributed by atoms with Crippen molar-refractivity contribution in [3.63, 3.8) is 0 Å². The van der Waals surface area contributed by atoms with E-state index in [-0.39, 0.29) is 0 Å². The number of nitriles is 1. The largest absolute Gasteiger partial charge is 0.365 e. The molecule has 72 valence electrons. The van der Waals surface area contributed by atoms with Gasteiger partial charge in [-0.15, -0.1) is 0 Å². The number of hydrogen-bond donors (Lipinski definition) is 2. The van der Waals surface area contributed by atoms with Crippen molar-refractivity contribution in [2.24, 2.45) is 5.73 Å². The van der Waals surface area contributed by atoms with Crippen LogP contribution in [0.4, 0.5) is 5.82 Å². The molecule has 1 heterocycles. The summed E-state index contributed by atoms with van der Waals surface area (Å²) in [7, 11) is 0. The van der Waals surface area contributed by atoms with Gasteiger partial charge in [0.15, 0.2) is 0 Å². The van der Waals surface area contributed by atoms with Crippen LogP contribution in [0.2, 0.25) is 0 Å². The summed E-state index contributed by atoms with van der Waals surface area (Å²) in [5.74, 6) is 0.546. The van der Waals surface area contributed by atoms with Gasteiger partial charge in [0.1, 0.15) is 23.8 Å². The molecule has 0 fully saturated rings. The Kier molecular flexibility index (Phi) is 4.11. The third-order valence-corrected chi connectivity index (χ3v) is 1.52. The van der Waals surface area contributed by atoms with Gasteiger partial charge in [0, 0.05) is 13.1 Å². The summed E-state index contributed by atoms with van der Waals surface area (Å²) in [6.45, 7) is 1.11. The molecule has 5 nitrogen and oxygen atoms in total. The highest BCUT2D eigenvalue weighted by Gasteiger charge is 1.99. The molecule has 1 aromatic heterocycles. The molecule has 1 rings (SSSR count). The van der Waals surface area contributed by atoms with Gasteiger partial charge in [0.2, 0.25) is 0 Å². The minimum atomic E-state index is 0.439. The van der Waals surface area contributed by atoms with Gasteiger partial charge in [-0.2, -0.15) is 5.26 Å². The molecule has 14 heavy (non-hydrogen) atoms. The summed E-state index contributed by atoms with van der Waals surface area (Å²) in [5.41, 5.74) is 5.71. The Morgan fingerprint density at radius 3 is 3.14 bits per heavy atom. The third kappa shape index (κ3) is 2.84. The Labute approximate surface area is 82.3 Å². The number of rotatable bonds is 4. The topological polar surface area (TPSA) is 87.6 Å². The van der Waals surface area contributed by atoms with Crippen LogP contribution in [0.1, 0.15) is 5.56 Å². The summed E-state index contributed by atoms with van der Waals surface area (Å²) in [6.07, 6.45) is 6.58. The SMILES string of the molecule is N#Cc1cncnc1NC/C=C/CN. The predicted octanol–water partition coefficient (Wildman–Crippen LogP) is 0.275. The van der Waals surface area contributed by atoms with Crippen LogP contribution in [0.5, 0.6) is 0 Å². The zero-order valence-corrected chi connectivity index (χ0v) is 7.64. The van der Waals surface area contributed by atoms with Gasteiger partial charge in [-0.1, -0.05) is 12.2 Å². The van der Waals surface area contributed by atoms with Gasteiger partial charge in [-0.3, -0.25) is 0 Å². The molecule has 0 aliphatic carbocycles. The monoisotopic (exact) mass is 189 g/mol. The molecule has 3 N–H and O–H groups in total. The first kappa shape index (κ1) is 10.2. The van der Waals surface area contributed by atoms with Gasteiger partial charge >= 0.3 is 0 Å². The second kappa shape index (κ2) is 5.67. The van der Waals surface area contributed by atoms with Crippen LogP contribution in [-0.2, 0) is 0 Å². The minimum absolute atomic E-state index is 0.439. The number of aromatic nitrogens is 2. The number of nitrogens with two attached hydrogens (primary N) is 1. The molecule has 0 aliphatic heterocycles. The summed E-state index contributed by atoms with van der Waals surface area (Å²) in [6, 6.07) is 2.00. The Morgan fingerprint density at radius 2 is 2.43 bits per heavy atom. The highest BCUT2D eigenvalue weighted by atomic mass is 15.0. The molecule has 0 atom stereocenters. The van der Waals surface area contributed by atoms with Crippen molar-refractivity contribution >= 4 is 5.82 Å². The molecule has 0 amide bonds. The Hall–Kier alpha value is -1.93.